The molecule has 8 nitrogen and oxygen atoms in total. The number of urea groups is 1. The van der Waals surface area contributed by atoms with Crippen molar-refractivity contribution in [2.24, 2.45) is 0 Å². The van der Waals surface area contributed by atoms with E-state index in [1.54, 1.807) is 25.2 Å². The van der Waals surface area contributed by atoms with Gasteiger partial charge >= 0.3 is 6.03 Å². The van der Waals surface area contributed by atoms with Crippen LogP contribution < -0.4 is 20.3 Å². The number of benzene rings is 1. The highest BCUT2D eigenvalue weighted by molar-refractivity contribution is 5.99. The number of carbonyl (C=O) groups excluding carboxylic acids is 2. The Morgan fingerprint density at radius 1 is 1.23 bits per heavy atom. The average Bonchev–Trinajstić information content (AvgIpc) is 3.30. The van der Waals surface area contributed by atoms with Gasteiger partial charge in [0.05, 0.1) is 31.0 Å². The van der Waals surface area contributed by atoms with Crippen LogP contribution in [0.25, 0.3) is 0 Å². The largest absolute Gasteiger partial charge is 0.482 e. The Kier molecular flexibility index (Phi) is 4.69. The molecule has 4 rings (SSSR count). The minimum Gasteiger partial charge on any atom is -0.482 e. The number of likely N-dealkylation sites (tertiary alicyclic amines) is 1. The number of nitrogens with one attached hydrogen (secondary N) is 2. The van der Waals surface area contributed by atoms with Crippen LogP contribution in [0.4, 0.5) is 16.2 Å². The third-order valence-corrected chi connectivity index (χ3v) is 5.28. The van der Waals surface area contributed by atoms with Gasteiger partial charge in [0.15, 0.2) is 6.61 Å². The first-order valence-corrected chi connectivity index (χ1v) is 9.04. The first kappa shape index (κ1) is 17.1. The van der Waals surface area contributed by atoms with E-state index in [4.69, 9.17) is 9.47 Å². The molecule has 0 saturated carbocycles. The third kappa shape index (κ3) is 3.34. The van der Waals surface area contributed by atoms with Gasteiger partial charge in [0, 0.05) is 12.7 Å². The van der Waals surface area contributed by atoms with Crippen molar-refractivity contribution in [2.45, 2.75) is 24.9 Å². The summed E-state index contributed by atoms with van der Waals surface area (Å²) in [6, 6.07) is 5.23. The Labute approximate surface area is 152 Å². The SMILES string of the molecule is CN1C(=O)COc2ccc(NC(=O)N[C@H]3COC[C@@H]3N3CCCC3)cc21. The number of hydrogen-bond donors (Lipinski definition) is 2. The summed E-state index contributed by atoms with van der Waals surface area (Å²) < 4.78 is 11.0. The molecule has 2 fully saturated rings. The van der Waals surface area contributed by atoms with E-state index in [0.717, 1.165) is 13.1 Å². The number of rotatable bonds is 3. The number of carbonyl (C=O) groups is 2. The number of amides is 3. The standard InChI is InChI=1S/C18H24N4O4/c1-21-14-8-12(4-5-16(14)26-11-17(21)23)19-18(24)20-13-9-25-10-15(13)22-6-2-3-7-22/h4-5,8,13,15H,2-3,6-7,9-11H2,1H3,(H2,19,20,24)/t13-,15-/m0/s1. The molecule has 8 heteroatoms. The maximum absolute atomic E-state index is 12.4. The second-order valence-corrected chi connectivity index (χ2v) is 6.98. The zero-order chi connectivity index (χ0) is 18.1. The second kappa shape index (κ2) is 7.13. The molecule has 2 saturated heterocycles. The molecule has 1 aromatic rings. The molecule has 0 aliphatic carbocycles. The second-order valence-electron chi connectivity index (χ2n) is 6.98. The molecule has 1 aromatic carbocycles. The molecule has 2 N–H and O–H groups in total. The monoisotopic (exact) mass is 360 g/mol. The predicted molar refractivity (Wildman–Crippen MR) is 96.7 cm³/mol. The van der Waals surface area contributed by atoms with Crippen LogP contribution in [-0.2, 0) is 9.53 Å². The van der Waals surface area contributed by atoms with Crippen molar-refractivity contribution in [3.8, 4) is 5.75 Å². The van der Waals surface area contributed by atoms with Gasteiger partial charge in [-0.1, -0.05) is 0 Å². The van der Waals surface area contributed by atoms with Crippen LogP contribution in [0.5, 0.6) is 5.75 Å². The number of fused-ring (bicyclic) bond motifs is 1. The third-order valence-electron chi connectivity index (χ3n) is 5.28. The van der Waals surface area contributed by atoms with Crippen molar-refractivity contribution in [1.82, 2.24) is 10.2 Å². The molecule has 3 aliphatic rings. The Balaban J connectivity index is 1.40. The molecule has 3 aliphatic heterocycles. The molecule has 140 valence electrons. The summed E-state index contributed by atoms with van der Waals surface area (Å²) in [5.41, 5.74) is 1.27. The molecule has 0 bridgehead atoms. The average molecular weight is 360 g/mol. The lowest BCUT2D eigenvalue weighted by atomic mass is 10.1. The number of anilines is 2. The van der Waals surface area contributed by atoms with Crippen LogP contribution in [0, 0.1) is 0 Å². The fourth-order valence-electron chi connectivity index (χ4n) is 3.80. The Morgan fingerprint density at radius 2 is 2.04 bits per heavy atom. The van der Waals surface area contributed by atoms with E-state index < -0.39 is 0 Å². The lowest BCUT2D eigenvalue weighted by Gasteiger charge is -2.28. The van der Waals surface area contributed by atoms with Gasteiger partial charge in [-0.25, -0.2) is 4.79 Å². The van der Waals surface area contributed by atoms with Crippen LogP contribution in [0.1, 0.15) is 12.8 Å². The fourth-order valence-corrected chi connectivity index (χ4v) is 3.80. The van der Waals surface area contributed by atoms with E-state index in [2.05, 4.69) is 15.5 Å². The summed E-state index contributed by atoms with van der Waals surface area (Å²) in [4.78, 5) is 28.1. The van der Waals surface area contributed by atoms with Crippen LogP contribution in [-0.4, -0.2) is 68.9 Å². The molecule has 0 unspecified atom stereocenters. The van der Waals surface area contributed by atoms with Gasteiger partial charge in [0.2, 0.25) is 0 Å². The van der Waals surface area contributed by atoms with Crippen LogP contribution >= 0.6 is 0 Å². The molecular weight excluding hydrogens is 336 g/mol. The van der Waals surface area contributed by atoms with E-state index in [0.29, 0.717) is 30.3 Å². The molecule has 2 atom stereocenters. The number of likely N-dealkylation sites (N-methyl/N-ethyl adjacent to an activating group) is 1. The maximum atomic E-state index is 12.4. The van der Waals surface area contributed by atoms with Crippen molar-refractivity contribution in [3.63, 3.8) is 0 Å². The van der Waals surface area contributed by atoms with E-state index >= 15 is 0 Å². The molecule has 0 radical (unpaired) electrons. The molecule has 0 spiro atoms. The number of ether oxygens (including phenoxy) is 2. The first-order chi connectivity index (χ1) is 12.6. The van der Waals surface area contributed by atoms with Crippen LogP contribution in [0.3, 0.4) is 0 Å². The van der Waals surface area contributed by atoms with Gasteiger partial charge in [0.25, 0.3) is 5.91 Å². The minimum absolute atomic E-state index is 0.0155. The highest BCUT2D eigenvalue weighted by Crippen LogP contribution is 2.33. The first-order valence-electron chi connectivity index (χ1n) is 9.04. The molecule has 26 heavy (non-hydrogen) atoms. The zero-order valence-electron chi connectivity index (χ0n) is 14.9. The molecule has 0 aromatic heterocycles. The Morgan fingerprint density at radius 3 is 2.85 bits per heavy atom. The molecule has 3 heterocycles. The Bertz CT molecular complexity index is 704. The van der Waals surface area contributed by atoms with Gasteiger partial charge in [-0.2, -0.15) is 0 Å². The van der Waals surface area contributed by atoms with E-state index in [1.165, 1.54) is 17.7 Å². The van der Waals surface area contributed by atoms with Gasteiger partial charge in [-0.15, -0.1) is 0 Å². The zero-order valence-corrected chi connectivity index (χ0v) is 14.9. The van der Waals surface area contributed by atoms with Crippen molar-refractivity contribution in [1.29, 1.82) is 0 Å². The van der Waals surface area contributed by atoms with Crippen molar-refractivity contribution >= 4 is 23.3 Å². The number of hydrogen-bond acceptors (Lipinski definition) is 5. The van der Waals surface area contributed by atoms with E-state index in [9.17, 15) is 9.59 Å². The highest BCUT2D eigenvalue weighted by Gasteiger charge is 2.35. The summed E-state index contributed by atoms with van der Waals surface area (Å²) >= 11 is 0. The fraction of sp³-hybridized carbons (Fsp3) is 0.556. The Hall–Kier alpha value is -2.32. The number of nitrogens with zero attached hydrogens (tertiary/aromatic N) is 2. The summed E-state index contributed by atoms with van der Waals surface area (Å²) in [5.74, 6) is 0.520. The topological polar surface area (TPSA) is 83.1 Å². The minimum atomic E-state index is -0.268. The molecular formula is C18H24N4O4. The smallest absolute Gasteiger partial charge is 0.319 e. The summed E-state index contributed by atoms with van der Waals surface area (Å²) in [7, 11) is 1.70. The maximum Gasteiger partial charge on any atom is 0.319 e. The van der Waals surface area contributed by atoms with Gasteiger partial charge in [-0.05, 0) is 44.1 Å². The van der Waals surface area contributed by atoms with Gasteiger partial charge in [0.1, 0.15) is 5.75 Å². The van der Waals surface area contributed by atoms with Crippen molar-refractivity contribution < 1.29 is 19.1 Å². The van der Waals surface area contributed by atoms with Gasteiger partial charge in [-0.3, -0.25) is 9.69 Å². The predicted octanol–water partition coefficient (Wildman–Crippen LogP) is 1.03. The lowest BCUT2D eigenvalue weighted by Crippen LogP contribution is -2.51. The van der Waals surface area contributed by atoms with E-state index in [-0.39, 0.29) is 30.6 Å². The summed E-state index contributed by atoms with van der Waals surface area (Å²) in [6.45, 7) is 3.37. The lowest BCUT2D eigenvalue weighted by molar-refractivity contribution is -0.120. The molecule has 3 amide bonds. The summed E-state index contributed by atoms with van der Waals surface area (Å²) in [6.07, 6.45) is 2.41. The highest BCUT2D eigenvalue weighted by atomic mass is 16.5. The quantitative estimate of drug-likeness (QED) is 0.841. The summed E-state index contributed by atoms with van der Waals surface area (Å²) in [5, 5.41) is 5.87. The van der Waals surface area contributed by atoms with Crippen LogP contribution in [0.15, 0.2) is 18.2 Å². The van der Waals surface area contributed by atoms with E-state index in [1.807, 2.05) is 0 Å². The van der Waals surface area contributed by atoms with Crippen LogP contribution in [0.2, 0.25) is 0 Å². The van der Waals surface area contributed by atoms with Crippen molar-refractivity contribution in [3.05, 3.63) is 18.2 Å². The normalized spacial score (nSPS) is 25.7. The van der Waals surface area contributed by atoms with Gasteiger partial charge < -0.3 is 25.0 Å². The van der Waals surface area contributed by atoms with Crippen molar-refractivity contribution in [2.75, 3.05) is 50.2 Å².